The molecule has 0 amide bonds. The van der Waals surface area contributed by atoms with Crippen LogP contribution in [-0.4, -0.2) is 23.0 Å². The van der Waals surface area contributed by atoms with Crippen LogP contribution in [0.25, 0.3) is 5.65 Å². The van der Waals surface area contributed by atoms with Crippen LogP contribution in [0.5, 0.6) is 0 Å². The number of hydrogen-bond acceptors (Lipinski definition) is 4. The van der Waals surface area contributed by atoms with Gasteiger partial charge in [-0.2, -0.15) is 0 Å². The topological polar surface area (TPSA) is 67.6 Å². The molecule has 0 aliphatic rings. The van der Waals surface area contributed by atoms with E-state index >= 15 is 0 Å². The molecule has 0 aliphatic heterocycles. The molecule has 8 heteroatoms. The molecule has 4 aromatic rings. The lowest BCUT2D eigenvalue weighted by Gasteiger charge is -2.25. The Morgan fingerprint density at radius 1 is 0.963 bits per heavy atom. The van der Waals surface area contributed by atoms with Crippen molar-refractivity contribution in [2.75, 3.05) is 4.31 Å². The van der Waals surface area contributed by atoms with Crippen LogP contribution in [0, 0.1) is 0 Å². The van der Waals surface area contributed by atoms with Gasteiger partial charge in [0, 0.05) is 11.2 Å². The van der Waals surface area contributed by atoms with Gasteiger partial charge in [-0.25, -0.2) is 8.42 Å². The average molecular weight is 399 g/mol. The largest absolute Gasteiger partial charge is 0.288 e. The second-order valence-electron chi connectivity index (χ2n) is 5.90. The lowest BCUT2D eigenvalue weighted by Crippen LogP contribution is -2.30. The molecular weight excluding hydrogens is 384 g/mol. The summed E-state index contributed by atoms with van der Waals surface area (Å²) in [5.41, 5.74) is 1.85. The van der Waals surface area contributed by atoms with Crippen molar-refractivity contribution in [2.45, 2.75) is 11.4 Å². The second-order valence-corrected chi connectivity index (χ2v) is 8.17. The maximum atomic E-state index is 13.4. The molecule has 0 saturated carbocycles. The molecule has 4 rings (SSSR count). The molecule has 2 aromatic heterocycles. The van der Waals surface area contributed by atoms with Crippen molar-refractivity contribution in [1.82, 2.24) is 14.6 Å². The fraction of sp³-hybridized carbons (Fsp3) is 0.0526. The molecule has 0 atom stereocenters. The van der Waals surface area contributed by atoms with E-state index in [0.29, 0.717) is 16.4 Å². The second kappa shape index (κ2) is 7.02. The fourth-order valence-electron chi connectivity index (χ4n) is 2.78. The standard InChI is InChI=1S/C19H15ClN4O2S/c20-18-9-5-4-6-15(18)12-24(16-7-2-1-3-8-16)27(25,26)17-10-11-19-22-21-14-23(19)13-17/h1-11,13-14H,12H2. The Labute approximate surface area is 161 Å². The average Bonchev–Trinajstić information content (AvgIpc) is 3.16. The lowest BCUT2D eigenvalue weighted by atomic mass is 10.2. The van der Waals surface area contributed by atoms with Crippen molar-refractivity contribution in [3.8, 4) is 0 Å². The zero-order chi connectivity index (χ0) is 18.9. The van der Waals surface area contributed by atoms with E-state index in [1.807, 2.05) is 24.3 Å². The first kappa shape index (κ1) is 17.5. The minimum atomic E-state index is -3.84. The van der Waals surface area contributed by atoms with Gasteiger partial charge in [0.2, 0.25) is 0 Å². The maximum absolute atomic E-state index is 13.4. The molecular formula is C19H15ClN4O2S. The molecule has 6 nitrogen and oxygen atoms in total. The zero-order valence-electron chi connectivity index (χ0n) is 14.1. The Bertz CT molecular complexity index is 1190. The summed E-state index contributed by atoms with van der Waals surface area (Å²) in [7, 11) is -3.84. The predicted molar refractivity (Wildman–Crippen MR) is 104 cm³/mol. The van der Waals surface area contributed by atoms with Crippen LogP contribution >= 0.6 is 11.6 Å². The van der Waals surface area contributed by atoms with Crippen LogP contribution in [0.2, 0.25) is 5.02 Å². The number of anilines is 1. The van der Waals surface area contributed by atoms with Crippen LogP contribution in [0.4, 0.5) is 5.69 Å². The number of fused-ring (bicyclic) bond motifs is 1. The van der Waals surface area contributed by atoms with Crippen molar-refractivity contribution in [3.63, 3.8) is 0 Å². The predicted octanol–water partition coefficient (Wildman–Crippen LogP) is 3.78. The number of nitrogens with zero attached hydrogens (tertiary/aromatic N) is 4. The molecule has 0 fully saturated rings. The van der Waals surface area contributed by atoms with Gasteiger partial charge in [0.05, 0.1) is 12.2 Å². The summed E-state index contributed by atoms with van der Waals surface area (Å²) >= 11 is 6.27. The molecule has 0 aliphatic carbocycles. The lowest BCUT2D eigenvalue weighted by molar-refractivity contribution is 0.590. The van der Waals surface area contributed by atoms with Gasteiger partial charge in [0.15, 0.2) is 5.65 Å². The van der Waals surface area contributed by atoms with Crippen molar-refractivity contribution in [1.29, 1.82) is 0 Å². The van der Waals surface area contributed by atoms with Crippen molar-refractivity contribution in [3.05, 3.63) is 89.8 Å². The third-order valence-corrected chi connectivity index (χ3v) is 6.29. The molecule has 0 spiro atoms. The highest BCUT2D eigenvalue weighted by molar-refractivity contribution is 7.92. The van der Waals surface area contributed by atoms with Crippen LogP contribution in [0.1, 0.15) is 5.56 Å². The van der Waals surface area contributed by atoms with Crippen LogP contribution < -0.4 is 4.31 Å². The van der Waals surface area contributed by atoms with Crippen LogP contribution in [0.15, 0.2) is 84.1 Å². The summed E-state index contributed by atoms with van der Waals surface area (Å²) in [6.45, 7) is 0.117. The molecule has 0 saturated heterocycles. The Balaban J connectivity index is 1.82. The minimum Gasteiger partial charge on any atom is -0.288 e. The SMILES string of the molecule is O=S(=O)(c1ccc2nncn2c1)N(Cc1ccccc1Cl)c1ccccc1. The monoisotopic (exact) mass is 398 g/mol. The van der Waals surface area contributed by atoms with E-state index in [4.69, 9.17) is 11.6 Å². The number of halogens is 1. The summed E-state index contributed by atoms with van der Waals surface area (Å²) in [6, 6.07) is 19.3. The molecule has 0 N–H and O–H groups in total. The van der Waals surface area contributed by atoms with Crippen molar-refractivity contribution < 1.29 is 8.42 Å². The number of benzene rings is 2. The third kappa shape index (κ3) is 3.39. The van der Waals surface area contributed by atoms with E-state index in [-0.39, 0.29) is 11.4 Å². The quantitative estimate of drug-likeness (QED) is 0.513. The Morgan fingerprint density at radius 2 is 1.70 bits per heavy atom. The molecule has 2 aromatic carbocycles. The summed E-state index contributed by atoms with van der Waals surface area (Å²) in [5.74, 6) is 0. The third-order valence-electron chi connectivity index (χ3n) is 4.17. The van der Waals surface area contributed by atoms with Crippen LogP contribution in [-0.2, 0) is 16.6 Å². The molecule has 2 heterocycles. The molecule has 136 valence electrons. The summed E-state index contributed by atoms with van der Waals surface area (Å²) < 4.78 is 29.8. The van der Waals surface area contributed by atoms with Gasteiger partial charge >= 0.3 is 0 Å². The fourth-order valence-corrected chi connectivity index (χ4v) is 4.42. The van der Waals surface area contributed by atoms with Gasteiger partial charge < -0.3 is 0 Å². The van der Waals surface area contributed by atoms with Gasteiger partial charge in [0.1, 0.15) is 11.2 Å². The minimum absolute atomic E-state index is 0.117. The number of pyridine rings is 1. The van der Waals surface area contributed by atoms with Crippen LogP contribution in [0.3, 0.4) is 0 Å². The first-order valence-corrected chi connectivity index (χ1v) is 9.98. The number of hydrogen-bond donors (Lipinski definition) is 0. The summed E-state index contributed by atoms with van der Waals surface area (Å²) in [4.78, 5) is 0.144. The van der Waals surface area contributed by atoms with E-state index in [2.05, 4.69) is 10.2 Å². The Kier molecular flexibility index (Phi) is 4.55. The highest BCUT2D eigenvalue weighted by atomic mass is 35.5. The zero-order valence-corrected chi connectivity index (χ0v) is 15.7. The van der Waals surface area contributed by atoms with Gasteiger partial charge in [0.25, 0.3) is 10.0 Å². The number of sulfonamides is 1. The number of para-hydroxylation sites is 1. The molecule has 0 radical (unpaired) electrons. The summed E-state index contributed by atoms with van der Waals surface area (Å²) in [5, 5.41) is 8.22. The molecule has 0 bridgehead atoms. The van der Waals surface area contributed by atoms with Gasteiger partial charge in [-0.15, -0.1) is 10.2 Å². The number of rotatable bonds is 5. The van der Waals surface area contributed by atoms with Gasteiger partial charge in [-0.3, -0.25) is 8.71 Å². The first-order valence-electron chi connectivity index (χ1n) is 8.16. The Morgan fingerprint density at radius 3 is 2.48 bits per heavy atom. The molecule has 0 unspecified atom stereocenters. The normalized spacial score (nSPS) is 11.6. The molecule has 27 heavy (non-hydrogen) atoms. The highest BCUT2D eigenvalue weighted by Crippen LogP contribution is 2.28. The van der Waals surface area contributed by atoms with Gasteiger partial charge in [-0.05, 0) is 35.9 Å². The first-order chi connectivity index (χ1) is 13.1. The van der Waals surface area contributed by atoms with E-state index in [9.17, 15) is 8.42 Å². The smallest absolute Gasteiger partial charge is 0.266 e. The van der Waals surface area contributed by atoms with E-state index in [0.717, 1.165) is 5.56 Å². The van der Waals surface area contributed by atoms with Gasteiger partial charge in [-0.1, -0.05) is 48.0 Å². The number of aromatic nitrogens is 3. The van der Waals surface area contributed by atoms with Crippen molar-refractivity contribution in [2.24, 2.45) is 0 Å². The Hall–Kier alpha value is -2.90. The van der Waals surface area contributed by atoms with E-state index < -0.39 is 10.0 Å². The van der Waals surface area contributed by atoms with E-state index in [1.54, 1.807) is 40.8 Å². The van der Waals surface area contributed by atoms with Crippen molar-refractivity contribution >= 4 is 33.0 Å². The highest BCUT2D eigenvalue weighted by Gasteiger charge is 2.26. The summed E-state index contributed by atoms with van der Waals surface area (Å²) in [6.07, 6.45) is 2.97. The maximum Gasteiger partial charge on any atom is 0.266 e. The van der Waals surface area contributed by atoms with E-state index in [1.165, 1.54) is 22.9 Å².